The zero-order valence-corrected chi connectivity index (χ0v) is 14.0. The van der Waals surface area contributed by atoms with Crippen LogP contribution < -0.4 is 10.6 Å². The summed E-state index contributed by atoms with van der Waals surface area (Å²) in [7, 11) is 0. The molecule has 0 aromatic carbocycles. The molecule has 1 rings (SSSR count). The molecule has 1 aliphatic rings. The Bertz CT molecular complexity index is 332. The predicted octanol–water partition coefficient (Wildman–Crippen LogP) is 3.16. The Labute approximate surface area is 129 Å². The summed E-state index contributed by atoms with van der Waals surface area (Å²) in [4.78, 5) is 24.6. The third-order valence-electron chi connectivity index (χ3n) is 4.39. The maximum atomic E-state index is 12.4. The van der Waals surface area contributed by atoms with E-state index in [2.05, 4.69) is 17.6 Å². The lowest BCUT2D eigenvalue weighted by Gasteiger charge is -2.26. The Hall–Kier alpha value is -1.06. The average Bonchev–Trinajstić information content (AvgIpc) is 2.71. The van der Waals surface area contributed by atoms with E-state index in [1.54, 1.807) is 13.8 Å². The highest BCUT2D eigenvalue weighted by molar-refractivity contribution is 6.04. The van der Waals surface area contributed by atoms with E-state index < -0.39 is 5.41 Å². The molecule has 21 heavy (non-hydrogen) atoms. The second-order valence-corrected chi connectivity index (χ2v) is 6.75. The highest BCUT2D eigenvalue weighted by Crippen LogP contribution is 2.20. The van der Waals surface area contributed by atoms with Crippen LogP contribution in [0.15, 0.2) is 0 Å². The molecular formula is C17H32N2O2. The molecule has 0 spiro atoms. The minimum Gasteiger partial charge on any atom is -0.355 e. The Balaban J connectivity index is 2.43. The third kappa shape index (κ3) is 6.06. The fourth-order valence-corrected chi connectivity index (χ4v) is 2.69. The van der Waals surface area contributed by atoms with E-state index >= 15 is 0 Å². The molecule has 4 heteroatoms. The summed E-state index contributed by atoms with van der Waals surface area (Å²) < 4.78 is 0. The van der Waals surface area contributed by atoms with Crippen LogP contribution in [0.3, 0.4) is 0 Å². The number of carbonyl (C=O) groups is 2. The summed E-state index contributed by atoms with van der Waals surface area (Å²) in [6.07, 6.45) is 10.2. The van der Waals surface area contributed by atoms with Crippen molar-refractivity contribution in [2.45, 2.75) is 84.6 Å². The van der Waals surface area contributed by atoms with Crippen molar-refractivity contribution in [3.63, 3.8) is 0 Å². The van der Waals surface area contributed by atoms with Gasteiger partial charge in [0.05, 0.1) is 0 Å². The fraction of sp³-hybridized carbons (Fsp3) is 0.882. The first-order valence-corrected chi connectivity index (χ1v) is 8.57. The van der Waals surface area contributed by atoms with Crippen molar-refractivity contribution in [2.24, 2.45) is 5.41 Å². The smallest absolute Gasteiger partial charge is 0.235 e. The summed E-state index contributed by atoms with van der Waals surface area (Å²) in [6, 6.07) is 0.243. The van der Waals surface area contributed by atoms with Crippen molar-refractivity contribution in [3.05, 3.63) is 0 Å². The monoisotopic (exact) mass is 296 g/mol. The molecule has 1 aliphatic carbocycles. The molecule has 0 aliphatic heterocycles. The molecule has 0 radical (unpaired) electrons. The molecule has 1 fully saturated rings. The zero-order chi connectivity index (χ0) is 15.7. The van der Waals surface area contributed by atoms with E-state index in [1.807, 2.05) is 0 Å². The Kier molecular flexibility index (Phi) is 7.76. The number of rotatable bonds is 7. The average molecular weight is 296 g/mol. The lowest BCUT2D eigenvalue weighted by atomic mass is 9.90. The molecule has 0 saturated heterocycles. The van der Waals surface area contributed by atoms with Gasteiger partial charge in [-0.25, -0.2) is 0 Å². The van der Waals surface area contributed by atoms with Crippen molar-refractivity contribution < 1.29 is 9.59 Å². The van der Waals surface area contributed by atoms with E-state index in [4.69, 9.17) is 0 Å². The van der Waals surface area contributed by atoms with E-state index in [0.717, 1.165) is 32.1 Å². The Morgan fingerprint density at radius 2 is 1.62 bits per heavy atom. The van der Waals surface area contributed by atoms with Crippen LogP contribution in [0.25, 0.3) is 0 Å². The predicted molar refractivity (Wildman–Crippen MR) is 85.9 cm³/mol. The van der Waals surface area contributed by atoms with Gasteiger partial charge in [0, 0.05) is 12.6 Å². The van der Waals surface area contributed by atoms with Crippen LogP contribution in [0, 0.1) is 5.41 Å². The van der Waals surface area contributed by atoms with Gasteiger partial charge in [-0.3, -0.25) is 9.59 Å². The molecule has 2 N–H and O–H groups in total. The molecule has 0 aromatic heterocycles. The van der Waals surface area contributed by atoms with Crippen LogP contribution in [-0.2, 0) is 9.59 Å². The van der Waals surface area contributed by atoms with Gasteiger partial charge < -0.3 is 10.6 Å². The maximum Gasteiger partial charge on any atom is 0.235 e. The van der Waals surface area contributed by atoms with Crippen LogP contribution in [-0.4, -0.2) is 24.4 Å². The summed E-state index contributed by atoms with van der Waals surface area (Å²) in [5.74, 6) is -0.299. The molecule has 0 atom stereocenters. The lowest BCUT2D eigenvalue weighted by molar-refractivity contribution is -0.141. The minimum absolute atomic E-state index is 0.137. The number of hydrogen-bond acceptors (Lipinski definition) is 2. The molecule has 0 heterocycles. The van der Waals surface area contributed by atoms with Gasteiger partial charge in [0.25, 0.3) is 0 Å². The molecule has 4 nitrogen and oxygen atoms in total. The zero-order valence-electron chi connectivity index (χ0n) is 14.0. The first-order valence-electron chi connectivity index (χ1n) is 8.57. The van der Waals surface area contributed by atoms with Gasteiger partial charge in [0.2, 0.25) is 11.8 Å². The first kappa shape index (κ1) is 18.0. The number of unbranched alkanes of at least 4 members (excludes halogenated alkanes) is 2. The Morgan fingerprint density at radius 1 is 1.00 bits per heavy atom. The van der Waals surface area contributed by atoms with Gasteiger partial charge in [-0.1, -0.05) is 45.4 Å². The van der Waals surface area contributed by atoms with Crippen molar-refractivity contribution in [2.75, 3.05) is 6.54 Å². The maximum absolute atomic E-state index is 12.4. The van der Waals surface area contributed by atoms with Crippen LogP contribution in [0.4, 0.5) is 0 Å². The lowest BCUT2D eigenvalue weighted by Crippen LogP contribution is -2.50. The minimum atomic E-state index is -0.988. The normalized spacial score (nSPS) is 17.1. The Morgan fingerprint density at radius 3 is 2.19 bits per heavy atom. The third-order valence-corrected chi connectivity index (χ3v) is 4.39. The number of hydrogen-bond donors (Lipinski definition) is 2. The molecular weight excluding hydrogens is 264 g/mol. The second kappa shape index (κ2) is 9.06. The van der Waals surface area contributed by atoms with Gasteiger partial charge in [-0.05, 0) is 33.1 Å². The molecule has 0 bridgehead atoms. The van der Waals surface area contributed by atoms with Crippen molar-refractivity contribution in [3.8, 4) is 0 Å². The van der Waals surface area contributed by atoms with E-state index in [1.165, 1.54) is 25.7 Å². The summed E-state index contributed by atoms with van der Waals surface area (Å²) in [5.41, 5.74) is -0.988. The van der Waals surface area contributed by atoms with Gasteiger partial charge >= 0.3 is 0 Å². The molecule has 122 valence electrons. The standard InChI is InChI=1S/C17H32N2O2/c1-4-5-10-13-18-15(20)17(2,3)16(21)19-14-11-8-6-7-9-12-14/h14H,4-13H2,1-3H3,(H,18,20)(H,19,21). The van der Waals surface area contributed by atoms with E-state index in [0.29, 0.717) is 6.54 Å². The van der Waals surface area contributed by atoms with Crippen LogP contribution in [0.5, 0.6) is 0 Å². The number of carbonyl (C=O) groups excluding carboxylic acids is 2. The van der Waals surface area contributed by atoms with Crippen molar-refractivity contribution in [1.29, 1.82) is 0 Å². The van der Waals surface area contributed by atoms with Gasteiger partial charge in [0.15, 0.2) is 0 Å². The SMILES string of the molecule is CCCCCNC(=O)C(C)(C)C(=O)NC1CCCCCC1. The summed E-state index contributed by atoms with van der Waals surface area (Å²) >= 11 is 0. The topological polar surface area (TPSA) is 58.2 Å². The largest absolute Gasteiger partial charge is 0.355 e. The highest BCUT2D eigenvalue weighted by Gasteiger charge is 2.36. The fourth-order valence-electron chi connectivity index (χ4n) is 2.69. The second-order valence-electron chi connectivity index (χ2n) is 6.75. The molecule has 2 amide bonds. The number of nitrogens with one attached hydrogen (secondary N) is 2. The van der Waals surface area contributed by atoms with E-state index in [-0.39, 0.29) is 17.9 Å². The van der Waals surface area contributed by atoms with Crippen LogP contribution in [0.2, 0.25) is 0 Å². The van der Waals surface area contributed by atoms with Gasteiger partial charge in [0.1, 0.15) is 5.41 Å². The van der Waals surface area contributed by atoms with Crippen LogP contribution >= 0.6 is 0 Å². The quantitative estimate of drug-likeness (QED) is 0.431. The van der Waals surface area contributed by atoms with E-state index in [9.17, 15) is 9.59 Å². The van der Waals surface area contributed by atoms with Gasteiger partial charge in [-0.2, -0.15) is 0 Å². The van der Waals surface area contributed by atoms with Crippen molar-refractivity contribution >= 4 is 11.8 Å². The van der Waals surface area contributed by atoms with Gasteiger partial charge in [-0.15, -0.1) is 0 Å². The molecule has 0 unspecified atom stereocenters. The number of amides is 2. The molecule has 0 aromatic rings. The summed E-state index contributed by atoms with van der Waals surface area (Å²) in [5, 5.41) is 5.97. The van der Waals surface area contributed by atoms with Crippen molar-refractivity contribution in [1.82, 2.24) is 10.6 Å². The highest BCUT2D eigenvalue weighted by atomic mass is 16.2. The molecule has 1 saturated carbocycles. The van der Waals surface area contributed by atoms with Crippen LogP contribution in [0.1, 0.15) is 78.6 Å². The summed E-state index contributed by atoms with van der Waals surface area (Å²) in [6.45, 7) is 6.22. The first-order chi connectivity index (χ1) is 9.98.